The first kappa shape index (κ1) is 14.7. The van der Waals surface area contributed by atoms with Gasteiger partial charge in [-0.05, 0) is 24.3 Å². The highest BCUT2D eigenvalue weighted by Gasteiger charge is 2.02. The molecule has 106 valence electrons. The van der Waals surface area contributed by atoms with Gasteiger partial charge in [0.05, 0.1) is 12.0 Å². The zero-order valence-electron chi connectivity index (χ0n) is 12.2. The fourth-order valence-electron chi connectivity index (χ4n) is 1.95. The Hall–Kier alpha value is -2.68. The molecule has 1 heterocycles. The number of nitrogens with zero attached hydrogens (tertiary/aromatic N) is 2. The molecule has 3 aromatic rings. The van der Waals surface area contributed by atoms with E-state index in [1.807, 2.05) is 67.1 Å². The first-order valence-electron chi connectivity index (χ1n) is 7.02. The Bertz CT molecular complexity index is 685. The molecule has 1 aromatic heterocycles. The summed E-state index contributed by atoms with van der Waals surface area (Å²) in [4.78, 5) is 15.0. The van der Waals surface area contributed by atoms with Gasteiger partial charge in [-0.2, -0.15) is 0 Å². The molecule has 0 atom stereocenters. The zero-order valence-corrected chi connectivity index (χ0v) is 12.2. The van der Waals surface area contributed by atoms with Crippen LogP contribution in [-0.4, -0.2) is 15.8 Å². The lowest BCUT2D eigenvalue weighted by Crippen LogP contribution is -1.90. The number of hydrogen-bond acceptors (Lipinski definition) is 2. The first-order chi connectivity index (χ1) is 10.4. The van der Waals surface area contributed by atoms with Gasteiger partial charge in [0.25, 0.3) is 0 Å². The quantitative estimate of drug-likeness (QED) is 0.666. The molecule has 0 unspecified atom stereocenters. The van der Waals surface area contributed by atoms with E-state index in [2.05, 4.69) is 4.98 Å². The van der Waals surface area contributed by atoms with E-state index in [9.17, 15) is 4.79 Å². The number of carbonyl (C=O) groups is 1. The summed E-state index contributed by atoms with van der Waals surface area (Å²) in [7, 11) is 0. The minimum absolute atomic E-state index is 0.673. The van der Waals surface area contributed by atoms with Crippen LogP contribution >= 0.6 is 0 Å². The van der Waals surface area contributed by atoms with E-state index in [-0.39, 0.29) is 0 Å². The molecule has 0 spiro atoms. The van der Waals surface area contributed by atoms with Crippen molar-refractivity contribution in [3.8, 4) is 16.9 Å². The topological polar surface area (TPSA) is 34.9 Å². The number of rotatable bonds is 3. The first-order valence-corrected chi connectivity index (χ1v) is 7.02. The summed E-state index contributed by atoms with van der Waals surface area (Å²) in [5, 5.41) is 0. The van der Waals surface area contributed by atoms with Crippen LogP contribution in [0.4, 0.5) is 0 Å². The van der Waals surface area contributed by atoms with Crippen molar-refractivity contribution in [2.45, 2.75) is 13.8 Å². The summed E-state index contributed by atoms with van der Waals surface area (Å²) < 4.78 is 1.94. The molecule has 2 aromatic carbocycles. The zero-order chi connectivity index (χ0) is 15.1. The third kappa shape index (κ3) is 3.45. The number of aromatic nitrogens is 2. The predicted molar refractivity (Wildman–Crippen MR) is 85.7 cm³/mol. The number of carbonyl (C=O) groups excluding carboxylic acids is 1. The molecule has 0 radical (unpaired) electrons. The Labute approximate surface area is 124 Å². The lowest BCUT2D eigenvalue weighted by molar-refractivity contribution is 0.112. The summed E-state index contributed by atoms with van der Waals surface area (Å²) >= 11 is 0. The molecule has 3 nitrogen and oxygen atoms in total. The molecule has 0 aliphatic heterocycles. The molecule has 0 amide bonds. The summed E-state index contributed by atoms with van der Waals surface area (Å²) in [5.41, 5.74) is 3.68. The van der Waals surface area contributed by atoms with E-state index in [1.165, 1.54) is 0 Å². The second-order valence-corrected chi connectivity index (χ2v) is 4.24. The maximum absolute atomic E-state index is 10.6. The van der Waals surface area contributed by atoms with E-state index in [1.54, 1.807) is 18.5 Å². The summed E-state index contributed by atoms with van der Waals surface area (Å²) in [6, 6.07) is 17.4. The number of aldehydes is 1. The van der Waals surface area contributed by atoms with Gasteiger partial charge in [0, 0.05) is 23.0 Å². The molecule has 0 saturated carbocycles. The summed E-state index contributed by atoms with van der Waals surface area (Å²) in [6.07, 6.45) is 4.59. The van der Waals surface area contributed by atoms with Crippen LogP contribution in [0.15, 0.2) is 67.1 Å². The maximum atomic E-state index is 10.6. The van der Waals surface area contributed by atoms with Gasteiger partial charge >= 0.3 is 0 Å². The second kappa shape index (κ2) is 7.20. The maximum Gasteiger partial charge on any atom is 0.150 e. The molecule has 0 fully saturated rings. The van der Waals surface area contributed by atoms with Crippen molar-refractivity contribution in [2.75, 3.05) is 0 Å². The van der Waals surface area contributed by atoms with Crippen LogP contribution in [0.5, 0.6) is 0 Å². The van der Waals surface area contributed by atoms with Crippen molar-refractivity contribution in [1.29, 1.82) is 0 Å². The van der Waals surface area contributed by atoms with Gasteiger partial charge < -0.3 is 4.57 Å². The molecule has 0 bridgehead atoms. The SMILES string of the molecule is CC.O=Cc1ccc(-n2cnc(-c3ccccc3)c2)cc1. The highest BCUT2D eigenvalue weighted by atomic mass is 16.1. The smallest absolute Gasteiger partial charge is 0.150 e. The van der Waals surface area contributed by atoms with Crippen molar-refractivity contribution in [3.05, 3.63) is 72.7 Å². The van der Waals surface area contributed by atoms with E-state index in [0.717, 1.165) is 23.2 Å². The molecule has 3 heteroatoms. The normalized spacial score (nSPS) is 9.62. The van der Waals surface area contributed by atoms with Gasteiger partial charge in [-0.15, -0.1) is 0 Å². The molecule has 0 aliphatic rings. The van der Waals surface area contributed by atoms with E-state index >= 15 is 0 Å². The average Bonchev–Trinajstić information content (AvgIpc) is 3.08. The minimum atomic E-state index is 0.673. The minimum Gasteiger partial charge on any atom is -0.306 e. The number of imidazole rings is 1. The standard InChI is InChI=1S/C16H12N2O.C2H6/c19-11-13-6-8-15(9-7-13)18-10-16(17-12-18)14-4-2-1-3-5-14;1-2/h1-12H;1-2H3. The molecule has 3 rings (SSSR count). The lowest BCUT2D eigenvalue weighted by atomic mass is 10.2. The van der Waals surface area contributed by atoms with Crippen molar-refractivity contribution in [2.24, 2.45) is 0 Å². The second-order valence-electron chi connectivity index (χ2n) is 4.24. The van der Waals surface area contributed by atoms with Gasteiger partial charge in [0.15, 0.2) is 0 Å². The third-order valence-electron chi connectivity index (χ3n) is 2.98. The van der Waals surface area contributed by atoms with Crippen LogP contribution in [0.1, 0.15) is 24.2 Å². The predicted octanol–water partition coefficient (Wildman–Crippen LogP) is 4.38. The average molecular weight is 278 g/mol. The Morgan fingerprint density at radius 2 is 1.62 bits per heavy atom. The largest absolute Gasteiger partial charge is 0.306 e. The number of hydrogen-bond donors (Lipinski definition) is 0. The van der Waals surface area contributed by atoms with Crippen LogP contribution < -0.4 is 0 Å². The van der Waals surface area contributed by atoms with Crippen molar-refractivity contribution in [1.82, 2.24) is 9.55 Å². The van der Waals surface area contributed by atoms with Crippen LogP contribution in [-0.2, 0) is 0 Å². The Morgan fingerprint density at radius 3 is 2.24 bits per heavy atom. The monoisotopic (exact) mass is 278 g/mol. The number of benzene rings is 2. The highest BCUT2D eigenvalue weighted by Crippen LogP contribution is 2.18. The molecular weight excluding hydrogens is 260 g/mol. The van der Waals surface area contributed by atoms with Crippen molar-refractivity contribution in [3.63, 3.8) is 0 Å². The summed E-state index contributed by atoms with van der Waals surface area (Å²) in [5.74, 6) is 0. The third-order valence-corrected chi connectivity index (χ3v) is 2.98. The van der Waals surface area contributed by atoms with Gasteiger partial charge in [-0.25, -0.2) is 4.98 Å². The van der Waals surface area contributed by atoms with Gasteiger partial charge in [0.1, 0.15) is 6.29 Å². The van der Waals surface area contributed by atoms with Crippen molar-refractivity contribution < 1.29 is 4.79 Å². The van der Waals surface area contributed by atoms with Gasteiger partial charge in [-0.1, -0.05) is 44.2 Å². The van der Waals surface area contributed by atoms with Crippen molar-refractivity contribution >= 4 is 6.29 Å². The Kier molecular flexibility index (Phi) is 5.04. The van der Waals surface area contributed by atoms with E-state index < -0.39 is 0 Å². The van der Waals surface area contributed by atoms with Crippen LogP contribution in [0.3, 0.4) is 0 Å². The molecule has 21 heavy (non-hydrogen) atoms. The van der Waals surface area contributed by atoms with E-state index in [4.69, 9.17) is 0 Å². The Morgan fingerprint density at radius 1 is 0.952 bits per heavy atom. The highest BCUT2D eigenvalue weighted by molar-refractivity contribution is 5.75. The van der Waals surface area contributed by atoms with E-state index in [0.29, 0.717) is 5.56 Å². The molecule has 0 saturated heterocycles. The molecule has 0 N–H and O–H groups in total. The fourth-order valence-corrected chi connectivity index (χ4v) is 1.95. The lowest BCUT2D eigenvalue weighted by Gasteiger charge is -2.01. The van der Waals surface area contributed by atoms with Crippen LogP contribution in [0, 0.1) is 0 Å². The molecule has 0 aliphatic carbocycles. The van der Waals surface area contributed by atoms with Crippen LogP contribution in [0.2, 0.25) is 0 Å². The van der Waals surface area contributed by atoms with Crippen LogP contribution in [0.25, 0.3) is 16.9 Å². The van der Waals surface area contributed by atoms with Gasteiger partial charge in [-0.3, -0.25) is 4.79 Å². The Balaban J connectivity index is 0.000000774. The fraction of sp³-hybridized carbons (Fsp3) is 0.111. The summed E-state index contributed by atoms with van der Waals surface area (Å²) in [6.45, 7) is 4.00. The molecular formula is C18H18N2O. The van der Waals surface area contributed by atoms with Gasteiger partial charge in [0.2, 0.25) is 0 Å².